The molecular weight excluding hydrogens is 238 g/mol. The Morgan fingerprint density at radius 1 is 1.11 bits per heavy atom. The van der Waals surface area contributed by atoms with E-state index in [1.54, 1.807) is 0 Å². The average molecular weight is 267 g/mol. The van der Waals surface area contributed by atoms with Crippen LogP contribution in [0.15, 0.2) is 12.1 Å². The molecule has 0 bridgehead atoms. The summed E-state index contributed by atoms with van der Waals surface area (Å²) >= 11 is 1.94. The van der Waals surface area contributed by atoms with Crippen molar-refractivity contribution < 1.29 is 0 Å². The van der Waals surface area contributed by atoms with Crippen molar-refractivity contribution in [3.05, 3.63) is 21.9 Å². The quantitative estimate of drug-likeness (QED) is 0.620. The van der Waals surface area contributed by atoms with E-state index >= 15 is 0 Å². The van der Waals surface area contributed by atoms with E-state index in [-0.39, 0.29) is 0 Å². The van der Waals surface area contributed by atoms with Gasteiger partial charge in [0.2, 0.25) is 0 Å². The third-order valence-corrected chi connectivity index (χ3v) is 4.66. The standard InChI is InChI=1S/C16H29NS/c1-5-7-8-11-16(3,4)13-17-12-15-10-9-14(6-2)18-15/h9-10,17H,5-8,11-13H2,1-4H3. The normalized spacial score (nSPS) is 12.0. The van der Waals surface area contributed by atoms with Gasteiger partial charge in [-0.05, 0) is 30.4 Å². The van der Waals surface area contributed by atoms with Crippen LogP contribution in [0.25, 0.3) is 0 Å². The molecule has 1 nitrogen and oxygen atoms in total. The lowest BCUT2D eigenvalue weighted by molar-refractivity contribution is 0.302. The summed E-state index contributed by atoms with van der Waals surface area (Å²) in [7, 11) is 0. The molecular formula is C16H29NS. The van der Waals surface area contributed by atoms with Crippen molar-refractivity contribution in [2.24, 2.45) is 5.41 Å². The van der Waals surface area contributed by atoms with E-state index in [2.05, 4.69) is 45.1 Å². The lowest BCUT2D eigenvalue weighted by atomic mass is 9.87. The van der Waals surface area contributed by atoms with E-state index in [9.17, 15) is 0 Å². The number of nitrogens with one attached hydrogen (secondary N) is 1. The molecule has 0 saturated heterocycles. The summed E-state index contributed by atoms with van der Waals surface area (Å²) in [6.07, 6.45) is 6.54. The van der Waals surface area contributed by atoms with Crippen LogP contribution in [-0.2, 0) is 13.0 Å². The van der Waals surface area contributed by atoms with Gasteiger partial charge in [0.05, 0.1) is 0 Å². The van der Waals surface area contributed by atoms with Gasteiger partial charge in [0, 0.05) is 22.8 Å². The fourth-order valence-electron chi connectivity index (χ4n) is 2.17. The third-order valence-electron chi connectivity index (χ3n) is 3.43. The van der Waals surface area contributed by atoms with Crippen LogP contribution >= 0.6 is 11.3 Å². The van der Waals surface area contributed by atoms with Gasteiger partial charge in [0.1, 0.15) is 0 Å². The molecule has 0 amide bonds. The highest BCUT2D eigenvalue weighted by Crippen LogP contribution is 2.23. The molecule has 1 N–H and O–H groups in total. The summed E-state index contributed by atoms with van der Waals surface area (Å²) in [5.74, 6) is 0. The molecule has 1 rings (SSSR count). The molecule has 0 aromatic carbocycles. The largest absolute Gasteiger partial charge is 0.311 e. The van der Waals surface area contributed by atoms with Gasteiger partial charge in [-0.15, -0.1) is 11.3 Å². The van der Waals surface area contributed by atoms with E-state index in [1.165, 1.54) is 35.4 Å². The van der Waals surface area contributed by atoms with Crippen molar-refractivity contribution in [3.63, 3.8) is 0 Å². The molecule has 1 heterocycles. The second-order valence-electron chi connectivity index (χ2n) is 5.95. The molecule has 2 heteroatoms. The van der Waals surface area contributed by atoms with Gasteiger partial charge < -0.3 is 5.32 Å². The Balaban J connectivity index is 2.23. The van der Waals surface area contributed by atoms with Gasteiger partial charge in [-0.1, -0.05) is 47.0 Å². The van der Waals surface area contributed by atoms with Crippen molar-refractivity contribution in [2.45, 2.75) is 66.3 Å². The second-order valence-corrected chi connectivity index (χ2v) is 7.20. The minimum Gasteiger partial charge on any atom is -0.311 e. The monoisotopic (exact) mass is 267 g/mol. The molecule has 0 radical (unpaired) electrons. The van der Waals surface area contributed by atoms with Crippen LogP contribution in [-0.4, -0.2) is 6.54 Å². The van der Waals surface area contributed by atoms with Gasteiger partial charge in [-0.3, -0.25) is 0 Å². The first kappa shape index (κ1) is 15.7. The first-order valence-corrected chi connectivity index (χ1v) is 8.17. The predicted molar refractivity (Wildman–Crippen MR) is 83.3 cm³/mol. The Morgan fingerprint density at radius 2 is 1.83 bits per heavy atom. The highest BCUT2D eigenvalue weighted by molar-refractivity contribution is 7.11. The Morgan fingerprint density at radius 3 is 2.44 bits per heavy atom. The number of rotatable bonds is 9. The Hall–Kier alpha value is -0.340. The number of unbranched alkanes of at least 4 members (excludes halogenated alkanes) is 2. The van der Waals surface area contributed by atoms with E-state index in [4.69, 9.17) is 0 Å². The minimum absolute atomic E-state index is 0.431. The van der Waals surface area contributed by atoms with Crippen LogP contribution < -0.4 is 5.32 Å². The average Bonchev–Trinajstić information content (AvgIpc) is 2.77. The van der Waals surface area contributed by atoms with Gasteiger partial charge in [0.15, 0.2) is 0 Å². The molecule has 1 aromatic heterocycles. The van der Waals surface area contributed by atoms with Gasteiger partial charge >= 0.3 is 0 Å². The van der Waals surface area contributed by atoms with Gasteiger partial charge in [0.25, 0.3) is 0 Å². The third kappa shape index (κ3) is 6.01. The first-order chi connectivity index (χ1) is 8.57. The number of thiophene rings is 1. The fourth-order valence-corrected chi connectivity index (χ4v) is 3.10. The summed E-state index contributed by atoms with van der Waals surface area (Å²) in [5.41, 5.74) is 0.431. The second kappa shape index (κ2) is 7.96. The van der Waals surface area contributed by atoms with Crippen LogP contribution in [0.4, 0.5) is 0 Å². The molecule has 0 aliphatic carbocycles. The minimum atomic E-state index is 0.431. The van der Waals surface area contributed by atoms with Gasteiger partial charge in [-0.25, -0.2) is 0 Å². The highest BCUT2D eigenvalue weighted by Gasteiger charge is 2.16. The number of aryl methyl sites for hydroxylation is 1. The molecule has 104 valence electrons. The predicted octanol–water partition coefficient (Wildman–Crippen LogP) is 5.01. The van der Waals surface area contributed by atoms with Crippen LogP contribution in [0.5, 0.6) is 0 Å². The smallest absolute Gasteiger partial charge is 0.0300 e. The maximum absolute atomic E-state index is 3.62. The molecule has 0 unspecified atom stereocenters. The number of hydrogen-bond acceptors (Lipinski definition) is 2. The van der Waals surface area contributed by atoms with E-state index < -0.39 is 0 Å². The Labute approximate surface area is 117 Å². The maximum Gasteiger partial charge on any atom is 0.0300 e. The zero-order chi connectivity index (χ0) is 13.4. The van der Waals surface area contributed by atoms with Crippen molar-refractivity contribution in [1.82, 2.24) is 5.32 Å². The molecule has 0 spiro atoms. The summed E-state index contributed by atoms with van der Waals surface area (Å²) in [5, 5.41) is 3.62. The van der Waals surface area contributed by atoms with E-state index in [0.717, 1.165) is 19.5 Å². The molecule has 0 atom stereocenters. The van der Waals surface area contributed by atoms with Crippen LogP contribution in [0.2, 0.25) is 0 Å². The van der Waals surface area contributed by atoms with Crippen molar-refractivity contribution in [3.8, 4) is 0 Å². The summed E-state index contributed by atoms with van der Waals surface area (Å²) in [6.45, 7) is 11.4. The maximum atomic E-state index is 3.62. The molecule has 1 aromatic rings. The molecule has 0 fully saturated rings. The number of hydrogen-bond donors (Lipinski definition) is 1. The van der Waals surface area contributed by atoms with E-state index in [0.29, 0.717) is 5.41 Å². The fraction of sp³-hybridized carbons (Fsp3) is 0.750. The zero-order valence-electron chi connectivity index (χ0n) is 12.5. The van der Waals surface area contributed by atoms with Crippen molar-refractivity contribution in [2.75, 3.05) is 6.54 Å². The van der Waals surface area contributed by atoms with Crippen molar-refractivity contribution in [1.29, 1.82) is 0 Å². The van der Waals surface area contributed by atoms with Gasteiger partial charge in [-0.2, -0.15) is 0 Å². The van der Waals surface area contributed by atoms with E-state index in [1.807, 2.05) is 11.3 Å². The summed E-state index contributed by atoms with van der Waals surface area (Å²) in [6, 6.07) is 4.52. The van der Waals surface area contributed by atoms with Crippen LogP contribution in [0.1, 0.15) is 63.1 Å². The zero-order valence-corrected chi connectivity index (χ0v) is 13.3. The Kier molecular flexibility index (Phi) is 6.95. The van der Waals surface area contributed by atoms with Crippen LogP contribution in [0, 0.1) is 5.41 Å². The van der Waals surface area contributed by atoms with Crippen molar-refractivity contribution >= 4 is 11.3 Å². The summed E-state index contributed by atoms with van der Waals surface area (Å²) < 4.78 is 0. The van der Waals surface area contributed by atoms with Crippen LogP contribution in [0.3, 0.4) is 0 Å². The molecule has 0 saturated carbocycles. The first-order valence-electron chi connectivity index (χ1n) is 7.35. The lowest BCUT2D eigenvalue weighted by Crippen LogP contribution is -2.28. The molecule has 0 aliphatic heterocycles. The Bertz CT molecular complexity index is 328. The topological polar surface area (TPSA) is 12.0 Å². The molecule has 18 heavy (non-hydrogen) atoms. The summed E-state index contributed by atoms with van der Waals surface area (Å²) in [4.78, 5) is 2.96. The molecule has 0 aliphatic rings. The highest BCUT2D eigenvalue weighted by atomic mass is 32.1. The lowest BCUT2D eigenvalue weighted by Gasteiger charge is -2.25. The SMILES string of the molecule is CCCCCC(C)(C)CNCc1ccc(CC)s1.